The zero-order valence-electron chi connectivity index (χ0n) is 11.9. The minimum atomic E-state index is -0.302. The van der Waals surface area contributed by atoms with E-state index in [1.54, 1.807) is 6.07 Å². The van der Waals surface area contributed by atoms with Crippen molar-refractivity contribution in [1.82, 2.24) is 4.90 Å². The minimum absolute atomic E-state index is 0.00634. The Morgan fingerprint density at radius 1 is 1.48 bits per heavy atom. The summed E-state index contributed by atoms with van der Waals surface area (Å²) in [6, 6.07) is 4.76. The molecule has 1 aliphatic heterocycles. The molecule has 1 aromatic heterocycles. The maximum Gasteiger partial charge on any atom is 0.265 e. The molecule has 0 N–H and O–H groups in total. The van der Waals surface area contributed by atoms with Crippen molar-refractivity contribution in [3.63, 3.8) is 0 Å². The van der Waals surface area contributed by atoms with E-state index in [1.165, 1.54) is 29.9 Å². The number of fused-ring (bicyclic) bond motifs is 1. The lowest BCUT2D eigenvalue weighted by Gasteiger charge is -2.35. The number of hydrogen-bond acceptors (Lipinski definition) is 2. The zero-order chi connectivity index (χ0) is 15.0. The molecule has 0 aliphatic carbocycles. The third-order valence-electron chi connectivity index (χ3n) is 4.14. The number of hydrogen-bond donors (Lipinski definition) is 0. The van der Waals surface area contributed by atoms with Crippen LogP contribution in [0.25, 0.3) is 10.1 Å². The molecule has 0 saturated carbocycles. The molecule has 2 aromatic rings. The second kappa shape index (κ2) is 5.93. The SMILES string of the molecule is CCC1CCCCN1C(=O)c1sc2cc(F)ccc2c1Cl. The molecule has 1 atom stereocenters. The Bertz CT molecular complexity index is 684. The quantitative estimate of drug-likeness (QED) is 0.752. The van der Waals surface area contributed by atoms with Crippen molar-refractivity contribution in [3.05, 3.63) is 33.9 Å². The smallest absolute Gasteiger partial charge is 0.265 e. The number of nitrogens with zero attached hydrogens (tertiary/aromatic N) is 1. The highest BCUT2D eigenvalue weighted by Gasteiger charge is 2.29. The molecule has 1 aliphatic rings. The highest BCUT2D eigenvalue weighted by Crippen LogP contribution is 2.37. The van der Waals surface area contributed by atoms with Crippen LogP contribution in [-0.4, -0.2) is 23.4 Å². The lowest BCUT2D eigenvalue weighted by molar-refractivity contribution is 0.0613. The van der Waals surface area contributed by atoms with E-state index >= 15 is 0 Å². The number of thiophene rings is 1. The van der Waals surface area contributed by atoms with Gasteiger partial charge < -0.3 is 4.90 Å². The van der Waals surface area contributed by atoms with Gasteiger partial charge in [-0.25, -0.2) is 4.39 Å². The number of rotatable bonds is 2. The van der Waals surface area contributed by atoms with Crippen LogP contribution >= 0.6 is 22.9 Å². The van der Waals surface area contributed by atoms with E-state index in [-0.39, 0.29) is 11.7 Å². The highest BCUT2D eigenvalue weighted by atomic mass is 35.5. The minimum Gasteiger partial charge on any atom is -0.335 e. The number of benzene rings is 1. The van der Waals surface area contributed by atoms with Gasteiger partial charge in [-0.05, 0) is 43.9 Å². The van der Waals surface area contributed by atoms with E-state index in [9.17, 15) is 9.18 Å². The third-order valence-corrected chi connectivity index (χ3v) is 5.79. The van der Waals surface area contributed by atoms with Crippen LogP contribution in [0.2, 0.25) is 5.02 Å². The molecular formula is C16H17ClFNOS. The molecule has 3 rings (SSSR count). The largest absolute Gasteiger partial charge is 0.335 e. The highest BCUT2D eigenvalue weighted by molar-refractivity contribution is 7.21. The van der Waals surface area contributed by atoms with Crippen LogP contribution in [0.1, 0.15) is 42.3 Å². The van der Waals surface area contributed by atoms with Crippen molar-refractivity contribution >= 4 is 38.9 Å². The van der Waals surface area contributed by atoms with Gasteiger partial charge in [-0.2, -0.15) is 0 Å². The number of halogens is 2. The fraction of sp³-hybridized carbons (Fsp3) is 0.438. The summed E-state index contributed by atoms with van der Waals surface area (Å²) < 4.78 is 14.0. The molecular weight excluding hydrogens is 309 g/mol. The third kappa shape index (κ3) is 2.67. The molecule has 0 bridgehead atoms. The molecule has 0 spiro atoms. The van der Waals surface area contributed by atoms with Crippen molar-refractivity contribution in [2.75, 3.05) is 6.54 Å². The Balaban J connectivity index is 1.99. The van der Waals surface area contributed by atoms with Crippen molar-refractivity contribution in [1.29, 1.82) is 0 Å². The Labute approximate surface area is 132 Å². The predicted octanol–water partition coefficient (Wildman–Crippen LogP) is 5.10. The van der Waals surface area contributed by atoms with Gasteiger partial charge in [-0.3, -0.25) is 4.79 Å². The molecule has 1 saturated heterocycles. The Morgan fingerprint density at radius 3 is 3.05 bits per heavy atom. The summed E-state index contributed by atoms with van der Waals surface area (Å²) in [5.41, 5.74) is 0. The van der Waals surface area contributed by atoms with Gasteiger partial charge in [0.15, 0.2) is 0 Å². The summed E-state index contributed by atoms with van der Waals surface area (Å²) in [5.74, 6) is -0.308. The van der Waals surface area contributed by atoms with Crippen molar-refractivity contribution < 1.29 is 9.18 Å². The number of carbonyl (C=O) groups excluding carboxylic acids is 1. The topological polar surface area (TPSA) is 20.3 Å². The number of carbonyl (C=O) groups is 1. The standard InChI is InChI=1S/C16H17ClFNOS/c1-2-11-5-3-4-8-19(11)16(20)15-14(17)12-7-6-10(18)9-13(12)21-15/h6-7,9,11H,2-5,8H2,1H3. The van der Waals surface area contributed by atoms with E-state index in [0.717, 1.165) is 35.9 Å². The average Bonchev–Trinajstić information content (AvgIpc) is 2.82. The van der Waals surface area contributed by atoms with E-state index in [0.29, 0.717) is 15.9 Å². The summed E-state index contributed by atoms with van der Waals surface area (Å²) in [6.07, 6.45) is 4.23. The first kappa shape index (κ1) is 14.8. The van der Waals surface area contributed by atoms with Gasteiger partial charge in [-0.1, -0.05) is 18.5 Å². The van der Waals surface area contributed by atoms with Crippen LogP contribution in [0.15, 0.2) is 18.2 Å². The Morgan fingerprint density at radius 2 is 2.29 bits per heavy atom. The normalized spacial score (nSPS) is 19.2. The van der Waals surface area contributed by atoms with Crippen molar-refractivity contribution in [3.8, 4) is 0 Å². The van der Waals surface area contributed by atoms with Crippen LogP contribution in [0.5, 0.6) is 0 Å². The van der Waals surface area contributed by atoms with Gasteiger partial charge in [-0.15, -0.1) is 11.3 Å². The summed E-state index contributed by atoms with van der Waals surface area (Å²) in [5, 5.41) is 1.22. The van der Waals surface area contributed by atoms with E-state index in [2.05, 4.69) is 6.92 Å². The molecule has 1 unspecified atom stereocenters. The molecule has 2 nitrogen and oxygen atoms in total. The van der Waals surface area contributed by atoms with Gasteiger partial charge in [0.1, 0.15) is 10.7 Å². The molecule has 21 heavy (non-hydrogen) atoms. The van der Waals surface area contributed by atoms with Crippen LogP contribution in [0, 0.1) is 5.82 Å². The second-order valence-corrected chi connectivity index (χ2v) is 6.87. The van der Waals surface area contributed by atoms with Gasteiger partial charge >= 0.3 is 0 Å². The average molecular weight is 326 g/mol. The summed E-state index contributed by atoms with van der Waals surface area (Å²) in [4.78, 5) is 15.3. The number of amides is 1. The fourth-order valence-electron chi connectivity index (χ4n) is 3.00. The van der Waals surface area contributed by atoms with Gasteiger partial charge in [0.2, 0.25) is 0 Å². The molecule has 5 heteroatoms. The fourth-order valence-corrected chi connectivity index (χ4v) is 4.49. The number of likely N-dealkylation sites (tertiary alicyclic amines) is 1. The Hall–Kier alpha value is -1.13. The van der Waals surface area contributed by atoms with Gasteiger partial charge in [0.25, 0.3) is 5.91 Å². The van der Waals surface area contributed by atoms with Gasteiger partial charge in [0.05, 0.1) is 5.02 Å². The summed E-state index contributed by atoms with van der Waals surface area (Å²) in [6.45, 7) is 2.90. The molecule has 112 valence electrons. The van der Waals surface area contributed by atoms with Crippen LogP contribution < -0.4 is 0 Å². The van der Waals surface area contributed by atoms with Crippen molar-refractivity contribution in [2.24, 2.45) is 0 Å². The first-order valence-corrected chi connectivity index (χ1v) is 8.49. The molecule has 1 fully saturated rings. The van der Waals surface area contributed by atoms with E-state index in [1.807, 2.05) is 4.90 Å². The first-order valence-electron chi connectivity index (χ1n) is 7.30. The summed E-state index contributed by atoms with van der Waals surface area (Å²) >= 11 is 7.64. The van der Waals surface area contributed by atoms with E-state index in [4.69, 9.17) is 11.6 Å². The maximum absolute atomic E-state index is 13.3. The van der Waals surface area contributed by atoms with Crippen LogP contribution in [0.3, 0.4) is 0 Å². The first-order chi connectivity index (χ1) is 10.1. The molecule has 1 aromatic carbocycles. The van der Waals surface area contributed by atoms with Crippen molar-refractivity contribution in [2.45, 2.75) is 38.6 Å². The number of piperidine rings is 1. The lowest BCUT2D eigenvalue weighted by atomic mass is 10.00. The maximum atomic E-state index is 13.3. The molecule has 0 radical (unpaired) electrons. The van der Waals surface area contributed by atoms with E-state index < -0.39 is 0 Å². The van der Waals surface area contributed by atoms with Crippen LogP contribution in [-0.2, 0) is 0 Å². The second-order valence-electron chi connectivity index (χ2n) is 5.44. The van der Waals surface area contributed by atoms with Gasteiger partial charge in [0, 0.05) is 22.7 Å². The Kier molecular flexibility index (Phi) is 4.18. The zero-order valence-corrected chi connectivity index (χ0v) is 13.4. The molecule has 2 heterocycles. The monoisotopic (exact) mass is 325 g/mol. The predicted molar refractivity (Wildman–Crippen MR) is 85.8 cm³/mol. The lowest BCUT2D eigenvalue weighted by Crippen LogP contribution is -2.43. The molecule has 1 amide bonds. The summed E-state index contributed by atoms with van der Waals surface area (Å²) in [7, 11) is 0. The van der Waals surface area contributed by atoms with Crippen LogP contribution in [0.4, 0.5) is 4.39 Å².